The quantitative estimate of drug-likeness (QED) is 0.669. The van der Waals surface area contributed by atoms with Crippen LogP contribution >= 0.6 is 0 Å². The summed E-state index contributed by atoms with van der Waals surface area (Å²) in [4.78, 5) is 16.7. The van der Waals surface area contributed by atoms with Crippen molar-refractivity contribution in [2.75, 3.05) is 12.4 Å². The number of hydrogen-bond acceptors (Lipinski definition) is 4. The van der Waals surface area contributed by atoms with Crippen LogP contribution in [-0.4, -0.2) is 18.0 Å². The summed E-state index contributed by atoms with van der Waals surface area (Å²) in [6.07, 6.45) is 1.63. The van der Waals surface area contributed by atoms with E-state index in [1.165, 1.54) is 5.56 Å². The lowest BCUT2D eigenvalue weighted by Crippen LogP contribution is -2.23. The molecule has 1 amide bonds. The maximum Gasteiger partial charge on any atom is 0.251 e. The fourth-order valence-corrected chi connectivity index (χ4v) is 2.81. The van der Waals surface area contributed by atoms with Crippen molar-refractivity contribution in [2.45, 2.75) is 20.0 Å². The van der Waals surface area contributed by atoms with Crippen molar-refractivity contribution in [1.82, 2.24) is 10.3 Å². The Balaban J connectivity index is 1.61. The van der Waals surface area contributed by atoms with Crippen LogP contribution in [0.1, 0.15) is 27.0 Å². The lowest BCUT2D eigenvalue weighted by molar-refractivity contribution is 0.0951. The van der Waals surface area contributed by atoms with Crippen LogP contribution in [0.25, 0.3) is 0 Å². The Morgan fingerprint density at radius 3 is 2.70 bits per heavy atom. The van der Waals surface area contributed by atoms with Gasteiger partial charge < -0.3 is 15.4 Å². The number of methoxy groups -OCH3 is 1. The Labute approximate surface area is 159 Å². The number of ether oxygens (including phenoxy) is 1. The normalized spacial score (nSPS) is 10.3. The fourth-order valence-electron chi connectivity index (χ4n) is 2.81. The fraction of sp³-hybridized carbons (Fsp3) is 0.182. The number of carbonyl (C=O) groups excluding carboxylic acids is 1. The van der Waals surface area contributed by atoms with E-state index in [1.54, 1.807) is 25.4 Å². The Morgan fingerprint density at radius 1 is 1.04 bits per heavy atom. The molecule has 0 spiro atoms. The molecule has 5 nitrogen and oxygen atoms in total. The Bertz CT molecular complexity index is 925. The largest absolute Gasteiger partial charge is 0.496 e. The maximum atomic E-state index is 12.4. The molecule has 0 saturated carbocycles. The van der Waals surface area contributed by atoms with Crippen molar-refractivity contribution in [1.29, 1.82) is 0 Å². The van der Waals surface area contributed by atoms with Crippen molar-refractivity contribution in [3.63, 3.8) is 0 Å². The molecule has 2 aromatic carbocycles. The molecular weight excluding hydrogens is 338 g/mol. The Kier molecular flexibility index (Phi) is 6.05. The standard InChI is InChI=1S/C22H23N3O2/c1-16-6-5-7-17(12-16)14-25-22(26)18-10-11-23-21(13-18)24-15-19-8-3-4-9-20(19)27-2/h3-13H,14-15H2,1-2H3,(H,23,24)(H,25,26). The molecule has 138 valence electrons. The van der Waals surface area contributed by atoms with E-state index >= 15 is 0 Å². The van der Waals surface area contributed by atoms with Crippen molar-refractivity contribution >= 4 is 11.7 Å². The molecule has 0 saturated heterocycles. The molecule has 0 aliphatic carbocycles. The van der Waals surface area contributed by atoms with Gasteiger partial charge in [-0.1, -0.05) is 48.0 Å². The summed E-state index contributed by atoms with van der Waals surface area (Å²) in [5.41, 5.74) is 3.84. The van der Waals surface area contributed by atoms with Gasteiger partial charge in [0.15, 0.2) is 0 Å². The lowest BCUT2D eigenvalue weighted by atomic mass is 10.1. The number of pyridine rings is 1. The summed E-state index contributed by atoms with van der Waals surface area (Å²) in [5, 5.41) is 6.19. The monoisotopic (exact) mass is 361 g/mol. The van der Waals surface area contributed by atoms with Crippen LogP contribution in [0.2, 0.25) is 0 Å². The van der Waals surface area contributed by atoms with Gasteiger partial charge in [-0.25, -0.2) is 4.98 Å². The van der Waals surface area contributed by atoms with Crippen molar-refractivity contribution in [3.8, 4) is 5.75 Å². The molecule has 0 aliphatic heterocycles. The van der Waals surface area contributed by atoms with Gasteiger partial charge in [0.25, 0.3) is 5.91 Å². The van der Waals surface area contributed by atoms with E-state index in [4.69, 9.17) is 4.74 Å². The summed E-state index contributed by atoms with van der Waals surface area (Å²) in [6, 6.07) is 19.3. The van der Waals surface area contributed by atoms with E-state index in [1.807, 2.05) is 49.4 Å². The van der Waals surface area contributed by atoms with E-state index in [0.717, 1.165) is 16.9 Å². The highest BCUT2D eigenvalue weighted by atomic mass is 16.5. The predicted molar refractivity (Wildman–Crippen MR) is 107 cm³/mol. The van der Waals surface area contributed by atoms with E-state index in [-0.39, 0.29) is 5.91 Å². The molecule has 0 aliphatic rings. The van der Waals surface area contributed by atoms with Gasteiger partial charge in [0.05, 0.1) is 7.11 Å². The van der Waals surface area contributed by atoms with E-state index in [0.29, 0.717) is 24.5 Å². The van der Waals surface area contributed by atoms with Gasteiger partial charge in [0.2, 0.25) is 0 Å². The van der Waals surface area contributed by atoms with Gasteiger partial charge in [-0.05, 0) is 30.7 Å². The van der Waals surface area contributed by atoms with Gasteiger partial charge in [-0.2, -0.15) is 0 Å². The van der Waals surface area contributed by atoms with Gasteiger partial charge >= 0.3 is 0 Å². The van der Waals surface area contributed by atoms with Crippen molar-refractivity contribution in [3.05, 3.63) is 89.1 Å². The second-order valence-corrected chi connectivity index (χ2v) is 6.27. The molecule has 2 N–H and O–H groups in total. The minimum atomic E-state index is -0.126. The number of amides is 1. The lowest BCUT2D eigenvalue weighted by Gasteiger charge is -2.11. The topological polar surface area (TPSA) is 63.2 Å². The minimum absolute atomic E-state index is 0.126. The van der Waals surface area contributed by atoms with Gasteiger partial charge in [0.1, 0.15) is 11.6 Å². The SMILES string of the molecule is COc1ccccc1CNc1cc(C(=O)NCc2cccc(C)c2)ccn1. The smallest absolute Gasteiger partial charge is 0.251 e. The maximum absolute atomic E-state index is 12.4. The number of para-hydroxylation sites is 1. The summed E-state index contributed by atoms with van der Waals surface area (Å²) >= 11 is 0. The second-order valence-electron chi connectivity index (χ2n) is 6.27. The summed E-state index contributed by atoms with van der Waals surface area (Å²) < 4.78 is 5.35. The van der Waals surface area contributed by atoms with E-state index < -0.39 is 0 Å². The van der Waals surface area contributed by atoms with Crippen LogP contribution in [0.5, 0.6) is 5.75 Å². The van der Waals surface area contributed by atoms with Crippen LogP contribution in [0, 0.1) is 6.92 Å². The van der Waals surface area contributed by atoms with E-state index in [9.17, 15) is 4.79 Å². The first-order chi connectivity index (χ1) is 13.2. The van der Waals surface area contributed by atoms with Crippen LogP contribution in [0.15, 0.2) is 66.9 Å². The number of aryl methyl sites for hydroxylation is 1. The van der Waals surface area contributed by atoms with E-state index in [2.05, 4.69) is 21.7 Å². The van der Waals surface area contributed by atoms with Crippen molar-refractivity contribution < 1.29 is 9.53 Å². The molecule has 0 fully saturated rings. The summed E-state index contributed by atoms with van der Waals surface area (Å²) in [5.74, 6) is 1.33. The molecule has 27 heavy (non-hydrogen) atoms. The van der Waals surface area contributed by atoms with Crippen LogP contribution in [0.4, 0.5) is 5.82 Å². The zero-order chi connectivity index (χ0) is 19.1. The van der Waals surface area contributed by atoms with Gasteiger partial charge in [-0.3, -0.25) is 4.79 Å². The molecule has 3 aromatic rings. The Morgan fingerprint density at radius 2 is 1.89 bits per heavy atom. The summed E-state index contributed by atoms with van der Waals surface area (Å²) in [6.45, 7) is 3.09. The van der Waals surface area contributed by atoms with Crippen LogP contribution in [-0.2, 0) is 13.1 Å². The number of carbonyl (C=O) groups is 1. The molecule has 0 radical (unpaired) electrons. The van der Waals surface area contributed by atoms with Gasteiger partial charge in [-0.15, -0.1) is 0 Å². The number of nitrogens with zero attached hydrogens (tertiary/aromatic N) is 1. The molecule has 1 aromatic heterocycles. The molecule has 1 heterocycles. The highest BCUT2D eigenvalue weighted by Crippen LogP contribution is 2.18. The average Bonchev–Trinajstić information content (AvgIpc) is 2.71. The first kappa shape index (κ1) is 18.5. The third-order valence-corrected chi connectivity index (χ3v) is 4.21. The minimum Gasteiger partial charge on any atom is -0.496 e. The predicted octanol–water partition coefficient (Wildman–Crippen LogP) is 3.94. The van der Waals surface area contributed by atoms with Gasteiger partial charge in [0, 0.05) is 30.4 Å². The second kappa shape index (κ2) is 8.85. The van der Waals surface area contributed by atoms with Crippen LogP contribution < -0.4 is 15.4 Å². The number of hydrogen-bond donors (Lipinski definition) is 2. The zero-order valence-corrected chi connectivity index (χ0v) is 15.5. The first-order valence-electron chi connectivity index (χ1n) is 8.81. The number of anilines is 1. The average molecular weight is 361 g/mol. The highest BCUT2D eigenvalue weighted by Gasteiger charge is 2.08. The first-order valence-corrected chi connectivity index (χ1v) is 8.81. The third kappa shape index (κ3) is 5.07. The molecule has 0 bridgehead atoms. The van der Waals surface area contributed by atoms with Crippen LogP contribution in [0.3, 0.4) is 0 Å². The van der Waals surface area contributed by atoms with Crippen molar-refractivity contribution in [2.24, 2.45) is 0 Å². The molecule has 0 atom stereocenters. The third-order valence-electron chi connectivity index (χ3n) is 4.21. The molecule has 3 rings (SSSR count). The zero-order valence-electron chi connectivity index (χ0n) is 15.5. The number of benzene rings is 2. The number of aromatic nitrogens is 1. The molecule has 0 unspecified atom stereocenters. The highest BCUT2D eigenvalue weighted by molar-refractivity contribution is 5.94. The molecule has 5 heteroatoms. The number of nitrogens with one attached hydrogen (secondary N) is 2. The number of rotatable bonds is 7. The molecular formula is C22H23N3O2. The summed E-state index contributed by atoms with van der Waals surface area (Å²) in [7, 11) is 1.65. The Hall–Kier alpha value is -3.34.